The highest BCUT2D eigenvalue weighted by molar-refractivity contribution is 6.04. The molecule has 0 aliphatic rings. The van der Waals surface area contributed by atoms with Gasteiger partial charge in [0.25, 0.3) is 5.91 Å². The number of benzene rings is 3. The number of nitrogens with two attached hydrogens (primary N) is 1. The molecule has 3 amide bonds. The minimum Gasteiger partial charge on any atom is -0.484 e. The summed E-state index contributed by atoms with van der Waals surface area (Å²) in [4.78, 5) is 42.3. The first-order valence-corrected chi connectivity index (χ1v) is 11.2. The third-order valence-corrected chi connectivity index (χ3v) is 5.51. The number of hydrogen-bond donors (Lipinski definition) is 1. The highest BCUT2D eigenvalue weighted by Crippen LogP contribution is 2.23. The fourth-order valence-electron chi connectivity index (χ4n) is 3.38. The van der Waals surface area contributed by atoms with E-state index >= 15 is 0 Å². The van der Waals surface area contributed by atoms with Gasteiger partial charge in [-0.15, -0.1) is 0 Å². The second-order valence-electron chi connectivity index (χ2n) is 7.87. The zero-order valence-electron chi connectivity index (χ0n) is 20.1. The van der Waals surface area contributed by atoms with Crippen molar-refractivity contribution in [2.24, 2.45) is 5.73 Å². The van der Waals surface area contributed by atoms with E-state index in [1.54, 1.807) is 74.8 Å². The van der Waals surface area contributed by atoms with Crippen LogP contribution in [0, 0.1) is 11.3 Å². The van der Waals surface area contributed by atoms with Gasteiger partial charge in [-0.2, -0.15) is 5.26 Å². The average molecular weight is 486 g/mol. The van der Waals surface area contributed by atoms with Crippen molar-refractivity contribution in [1.29, 1.82) is 5.26 Å². The van der Waals surface area contributed by atoms with E-state index in [0.717, 1.165) is 0 Å². The number of ether oxygens (including phenoxy) is 1. The minimum absolute atomic E-state index is 0.220. The summed E-state index contributed by atoms with van der Waals surface area (Å²) in [5, 5.41) is 9.07. The number of carbonyl (C=O) groups excluding carboxylic acids is 3. The van der Waals surface area contributed by atoms with Gasteiger partial charge in [0.05, 0.1) is 18.2 Å². The maximum absolute atomic E-state index is 12.9. The lowest BCUT2D eigenvalue weighted by Gasteiger charge is -2.25. The van der Waals surface area contributed by atoms with E-state index in [4.69, 9.17) is 15.7 Å². The van der Waals surface area contributed by atoms with Gasteiger partial charge < -0.3 is 25.2 Å². The number of nitrogens with zero attached hydrogens (tertiary/aromatic N) is 4. The number of nitriles is 1. The van der Waals surface area contributed by atoms with E-state index in [1.165, 1.54) is 14.7 Å². The highest BCUT2D eigenvalue weighted by Gasteiger charge is 2.22. The fraction of sp³-hybridized carbons (Fsp3) is 0.185. The molecule has 9 nitrogen and oxygen atoms in total. The highest BCUT2D eigenvalue weighted by atomic mass is 16.5. The Morgan fingerprint density at radius 1 is 0.806 bits per heavy atom. The van der Waals surface area contributed by atoms with Crippen LogP contribution >= 0.6 is 0 Å². The largest absolute Gasteiger partial charge is 0.484 e. The van der Waals surface area contributed by atoms with Crippen LogP contribution in [0.1, 0.15) is 5.56 Å². The van der Waals surface area contributed by atoms with Crippen molar-refractivity contribution in [3.8, 4) is 11.8 Å². The molecule has 0 spiro atoms. The Morgan fingerprint density at radius 2 is 1.44 bits per heavy atom. The Kier molecular flexibility index (Phi) is 8.75. The second-order valence-corrected chi connectivity index (χ2v) is 7.87. The lowest BCUT2D eigenvalue weighted by atomic mass is 10.2. The molecule has 3 aromatic rings. The molecule has 3 aromatic carbocycles. The number of rotatable bonds is 9. The number of hydrogen-bond acceptors (Lipinski definition) is 6. The van der Waals surface area contributed by atoms with Crippen LogP contribution in [0.5, 0.6) is 5.75 Å². The van der Waals surface area contributed by atoms with Gasteiger partial charge in [-0.1, -0.05) is 30.3 Å². The minimum atomic E-state index is -0.435. The number of likely N-dealkylation sites (N-methyl/N-ethyl adjacent to an activating group) is 2. The third-order valence-electron chi connectivity index (χ3n) is 5.51. The summed E-state index contributed by atoms with van der Waals surface area (Å²) in [6.45, 7) is -0.766. The number of amides is 3. The van der Waals surface area contributed by atoms with Gasteiger partial charge in [-0.25, -0.2) is 0 Å². The van der Waals surface area contributed by atoms with Crippen molar-refractivity contribution in [2.75, 3.05) is 48.5 Å². The van der Waals surface area contributed by atoms with E-state index in [1.807, 2.05) is 24.3 Å². The molecular formula is C27H27N5O4. The summed E-state index contributed by atoms with van der Waals surface area (Å²) in [6, 6.07) is 24.4. The van der Waals surface area contributed by atoms with Crippen LogP contribution in [0.4, 0.5) is 17.1 Å². The maximum atomic E-state index is 12.9. The molecule has 0 saturated carbocycles. The summed E-state index contributed by atoms with van der Waals surface area (Å²) in [5.74, 6) is -0.718. The van der Waals surface area contributed by atoms with Crippen molar-refractivity contribution >= 4 is 34.8 Å². The normalized spacial score (nSPS) is 10.2. The molecule has 2 N–H and O–H groups in total. The molecule has 0 fully saturated rings. The van der Waals surface area contributed by atoms with Crippen LogP contribution in [0.2, 0.25) is 0 Å². The molecular weight excluding hydrogens is 458 g/mol. The first kappa shape index (κ1) is 25.9. The molecule has 0 bridgehead atoms. The monoisotopic (exact) mass is 485 g/mol. The standard InChI is InChI=1S/C27H27N5O4/c1-30(21-9-4-3-5-10-21)26(34)18-32(25(33)17-29)23-12-7-13-24(15-23)36-19-27(35)31(2)22-11-6-8-20(14-22)16-28/h3-15H,17-19,29H2,1-2H3. The van der Waals surface area contributed by atoms with Crippen LogP contribution in [0.15, 0.2) is 78.9 Å². The van der Waals surface area contributed by atoms with Gasteiger partial charge in [0.15, 0.2) is 6.61 Å². The number of para-hydroxylation sites is 1. The molecule has 0 aliphatic heterocycles. The molecule has 0 heterocycles. The van der Waals surface area contributed by atoms with Crippen molar-refractivity contribution in [1.82, 2.24) is 0 Å². The van der Waals surface area contributed by atoms with E-state index in [-0.39, 0.29) is 31.5 Å². The summed E-state index contributed by atoms with van der Waals surface area (Å²) in [7, 11) is 3.23. The first-order valence-electron chi connectivity index (χ1n) is 11.2. The van der Waals surface area contributed by atoms with E-state index in [2.05, 4.69) is 0 Å². The van der Waals surface area contributed by atoms with Crippen molar-refractivity contribution < 1.29 is 19.1 Å². The fourth-order valence-corrected chi connectivity index (χ4v) is 3.38. The molecule has 36 heavy (non-hydrogen) atoms. The lowest BCUT2D eigenvalue weighted by molar-refractivity contribution is -0.121. The Labute approximate surface area is 209 Å². The van der Waals surface area contributed by atoms with Crippen LogP contribution in [-0.2, 0) is 14.4 Å². The van der Waals surface area contributed by atoms with Gasteiger partial charge in [0, 0.05) is 37.2 Å². The Hall–Kier alpha value is -4.68. The Balaban J connectivity index is 1.71. The van der Waals surface area contributed by atoms with E-state index in [9.17, 15) is 14.4 Å². The predicted molar refractivity (Wildman–Crippen MR) is 138 cm³/mol. The number of anilines is 3. The van der Waals surface area contributed by atoms with Crippen LogP contribution < -0.4 is 25.2 Å². The zero-order valence-corrected chi connectivity index (χ0v) is 20.1. The lowest BCUT2D eigenvalue weighted by Crippen LogP contribution is -2.44. The summed E-state index contributed by atoms with van der Waals surface area (Å²) < 4.78 is 5.67. The zero-order chi connectivity index (χ0) is 26.1. The smallest absolute Gasteiger partial charge is 0.264 e. The van der Waals surface area contributed by atoms with E-state index < -0.39 is 5.91 Å². The van der Waals surface area contributed by atoms with Gasteiger partial charge in [-0.05, 0) is 42.5 Å². The first-order chi connectivity index (χ1) is 17.3. The molecule has 9 heteroatoms. The van der Waals surface area contributed by atoms with Crippen molar-refractivity contribution in [3.05, 3.63) is 84.4 Å². The van der Waals surface area contributed by atoms with Crippen LogP contribution in [0.3, 0.4) is 0 Å². The molecule has 0 aliphatic carbocycles. The SMILES string of the molecule is CN(C(=O)COc1cccc(N(CC(=O)N(C)c2ccccc2)C(=O)CN)c1)c1cccc(C#N)c1. The molecule has 0 unspecified atom stereocenters. The van der Waals surface area contributed by atoms with Crippen molar-refractivity contribution in [2.45, 2.75) is 0 Å². The molecule has 0 radical (unpaired) electrons. The Bertz CT molecular complexity index is 1270. The van der Waals surface area contributed by atoms with Gasteiger partial charge >= 0.3 is 0 Å². The average Bonchev–Trinajstić information content (AvgIpc) is 2.93. The molecule has 0 atom stereocenters. The van der Waals surface area contributed by atoms with Crippen LogP contribution in [0.25, 0.3) is 0 Å². The second kappa shape index (κ2) is 12.1. The summed E-state index contributed by atoms with van der Waals surface area (Å²) in [6.07, 6.45) is 0. The molecule has 0 saturated heterocycles. The number of carbonyl (C=O) groups is 3. The Morgan fingerprint density at radius 3 is 2.14 bits per heavy atom. The molecule has 3 rings (SSSR count). The quantitative estimate of drug-likeness (QED) is 0.497. The summed E-state index contributed by atoms with van der Waals surface area (Å²) in [5.41, 5.74) is 7.72. The van der Waals surface area contributed by atoms with Gasteiger partial charge in [-0.3, -0.25) is 14.4 Å². The van der Waals surface area contributed by atoms with Gasteiger partial charge in [0.1, 0.15) is 12.3 Å². The molecule has 0 aromatic heterocycles. The van der Waals surface area contributed by atoms with Crippen LogP contribution in [-0.4, -0.2) is 51.5 Å². The summed E-state index contributed by atoms with van der Waals surface area (Å²) >= 11 is 0. The third kappa shape index (κ3) is 6.46. The topological polar surface area (TPSA) is 120 Å². The van der Waals surface area contributed by atoms with E-state index in [0.29, 0.717) is 28.4 Å². The maximum Gasteiger partial charge on any atom is 0.264 e. The molecule has 184 valence electrons. The predicted octanol–water partition coefficient (Wildman–Crippen LogP) is 2.55. The van der Waals surface area contributed by atoms with Gasteiger partial charge in [0.2, 0.25) is 11.8 Å². The van der Waals surface area contributed by atoms with Crippen molar-refractivity contribution in [3.63, 3.8) is 0 Å².